The molecule has 3 unspecified atom stereocenters. The predicted octanol–water partition coefficient (Wildman–Crippen LogP) is 7.75. The first-order chi connectivity index (χ1) is 12.5. The third-order valence-corrected chi connectivity index (χ3v) is 7.33. The van der Waals surface area contributed by atoms with Gasteiger partial charge in [0.1, 0.15) is 6.10 Å². The van der Waals surface area contributed by atoms with Crippen LogP contribution in [0.5, 0.6) is 0 Å². The van der Waals surface area contributed by atoms with Gasteiger partial charge in [0.15, 0.2) is 0 Å². The van der Waals surface area contributed by atoms with E-state index in [1.807, 2.05) is 0 Å². The predicted molar refractivity (Wildman–Crippen MR) is 121 cm³/mol. The Morgan fingerprint density at radius 1 is 0.893 bits per heavy atom. The smallest absolute Gasteiger partial charge is 0.312 e. The number of hydrogen-bond donors (Lipinski definition) is 0. The van der Waals surface area contributed by atoms with Gasteiger partial charge in [-0.05, 0) is 73.0 Å². The van der Waals surface area contributed by atoms with Gasteiger partial charge in [0, 0.05) is 0 Å². The van der Waals surface area contributed by atoms with E-state index in [-0.39, 0.29) is 17.5 Å². The molecule has 0 aliphatic heterocycles. The Hall–Kier alpha value is -0.530. The fraction of sp³-hybridized carbons (Fsp3) is 0.962. The maximum absolute atomic E-state index is 13.4. The molecule has 0 radical (unpaired) electrons. The van der Waals surface area contributed by atoms with Gasteiger partial charge in [-0.25, -0.2) is 0 Å². The first-order valence-electron chi connectivity index (χ1n) is 11.7. The topological polar surface area (TPSA) is 26.3 Å². The van der Waals surface area contributed by atoms with Crippen LogP contribution >= 0.6 is 0 Å². The molecule has 28 heavy (non-hydrogen) atoms. The average molecular weight is 395 g/mol. The summed E-state index contributed by atoms with van der Waals surface area (Å²) in [5.41, 5.74) is 0.0180. The Kier molecular flexibility index (Phi) is 8.28. The van der Waals surface area contributed by atoms with Crippen LogP contribution in [0.4, 0.5) is 0 Å². The van der Waals surface area contributed by atoms with Gasteiger partial charge < -0.3 is 4.74 Å². The molecule has 0 aromatic rings. The second kappa shape index (κ2) is 9.09. The maximum Gasteiger partial charge on any atom is 0.312 e. The van der Waals surface area contributed by atoms with Crippen molar-refractivity contribution in [2.75, 3.05) is 0 Å². The molecule has 3 atom stereocenters. The first kappa shape index (κ1) is 25.5. The Bertz CT molecular complexity index is 488. The fourth-order valence-corrected chi connectivity index (χ4v) is 5.30. The highest BCUT2D eigenvalue weighted by Gasteiger charge is 2.47. The number of ether oxygens (including phenoxy) is 1. The summed E-state index contributed by atoms with van der Waals surface area (Å²) in [6, 6.07) is 0. The molecule has 1 rings (SSSR count). The van der Waals surface area contributed by atoms with E-state index < -0.39 is 5.41 Å². The summed E-state index contributed by atoms with van der Waals surface area (Å²) in [5.74, 6) is 2.67. The monoisotopic (exact) mass is 394 g/mol. The van der Waals surface area contributed by atoms with E-state index >= 15 is 0 Å². The molecule has 166 valence electrons. The third-order valence-electron chi connectivity index (χ3n) is 7.33. The van der Waals surface area contributed by atoms with Gasteiger partial charge in [-0.15, -0.1) is 0 Å². The van der Waals surface area contributed by atoms with Crippen LogP contribution in [-0.2, 0) is 9.53 Å². The number of carbonyl (C=O) groups is 1. The molecule has 1 aliphatic carbocycles. The van der Waals surface area contributed by atoms with Crippen LogP contribution in [0.2, 0.25) is 0 Å². The first-order valence-corrected chi connectivity index (χ1v) is 11.7. The second-order valence-electron chi connectivity index (χ2n) is 12.9. The van der Waals surface area contributed by atoms with E-state index in [9.17, 15) is 4.79 Å². The molecule has 0 spiro atoms. The van der Waals surface area contributed by atoms with Crippen molar-refractivity contribution in [2.45, 2.75) is 115 Å². The zero-order chi connectivity index (χ0) is 22.1. The van der Waals surface area contributed by atoms with E-state index in [2.05, 4.69) is 83.1 Å². The van der Waals surface area contributed by atoms with E-state index in [4.69, 9.17) is 4.74 Å². The molecule has 0 amide bonds. The fourth-order valence-electron chi connectivity index (χ4n) is 5.30. The Morgan fingerprint density at radius 2 is 1.32 bits per heavy atom. The minimum Gasteiger partial charge on any atom is -0.461 e. The standard InChI is InChI=1S/C26H50O2/c1-13-26(12,16-24(6,7)8)23(27)28-22-20(17(2)3)14-19(25(9,10)11)15-21(22)18(4)5/h17-22H,13-16H2,1-12H3. The van der Waals surface area contributed by atoms with Gasteiger partial charge in [-0.2, -0.15) is 0 Å². The highest BCUT2D eigenvalue weighted by Crippen LogP contribution is 2.49. The summed E-state index contributed by atoms with van der Waals surface area (Å²) in [6.07, 6.45) is 4.09. The molecule has 1 aliphatic rings. The summed E-state index contributed by atoms with van der Waals surface area (Å²) in [7, 11) is 0. The molecule has 0 N–H and O–H groups in total. The van der Waals surface area contributed by atoms with Crippen molar-refractivity contribution in [1.82, 2.24) is 0 Å². The lowest BCUT2D eigenvalue weighted by Gasteiger charge is -2.49. The number of carbonyl (C=O) groups excluding carboxylic acids is 1. The van der Waals surface area contributed by atoms with Crippen LogP contribution in [0.3, 0.4) is 0 Å². The minimum atomic E-state index is -0.401. The van der Waals surface area contributed by atoms with Crippen LogP contribution in [0.25, 0.3) is 0 Å². The van der Waals surface area contributed by atoms with Crippen LogP contribution in [0.15, 0.2) is 0 Å². The molecule has 0 bridgehead atoms. The normalized spacial score (nSPS) is 29.1. The van der Waals surface area contributed by atoms with E-state index in [0.29, 0.717) is 35.0 Å². The molecule has 0 heterocycles. The highest BCUT2D eigenvalue weighted by atomic mass is 16.5. The molecule has 0 saturated heterocycles. The lowest BCUT2D eigenvalue weighted by Crippen LogP contribution is -2.48. The van der Waals surface area contributed by atoms with Crippen molar-refractivity contribution in [1.29, 1.82) is 0 Å². The average Bonchev–Trinajstić information content (AvgIpc) is 2.51. The van der Waals surface area contributed by atoms with Crippen molar-refractivity contribution >= 4 is 5.97 Å². The minimum absolute atomic E-state index is 0.0282. The molecule has 1 saturated carbocycles. The van der Waals surface area contributed by atoms with Crippen molar-refractivity contribution in [2.24, 2.45) is 45.8 Å². The molecule has 2 heteroatoms. The number of hydrogen-bond acceptors (Lipinski definition) is 2. The summed E-state index contributed by atoms with van der Waals surface area (Å²) in [6.45, 7) is 27.2. The van der Waals surface area contributed by atoms with Crippen LogP contribution in [0, 0.1) is 45.8 Å². The lowest BCUT2D eigenvalue weighted by atomic mass is 9.60. The largest absolute Gasteiger partial charge is 0.461 e. The number of esters is 1. The summed E-state index contributed by atoms with van der Waals surface area (Å²) in [5, 5.41) is 0. The lowest BCUT2D eigenvalue weighted by molar-refractivity contribution is -0.178. The molecule has 2 nitrogen and oxygen atoms in total. The van der Waals surface area contributed by atoms with Crippen molar-refractivity contribution in [3.63, 3.8) is 0 Å². The molecular weight excluding hydrogens is 344 g/mol. The van der Waals surface area contributed by atoms with Gasteiger partial charge in [0.05, 0.1) is 5.41 Å². The second-order valence-corrected chi connectivity index (χ2v) is 12.9. The maximum atomic E-state index is 13.4. The van der Waals surface area contributed by atoms with Gasteiger partial charge in [-0.1, -0.05) is 76.2 Å². The Balaban J connectivity index is 3.17. The zero-order valence-electron chi connectivity index (χ0n) is 21.1. The van der Waals surface area contributed by atoms with Crippen molar-refractivity contribution in [3.05, 3.63) is 0 Å². The zero-order valence-corrected chi connectivity index (χ0v) is 21.1. The Labute approximate surface area is 176 Å². The van der Waals surface area contributed by atoms with Crippen LogP contribution in [-0.4, -0.2) is 12.1 Å². The molecule has 1 fully saturated rings. The van der Waals surface area contributed by atoms with Gasteiger partial charge in [-0.3, -0.25) is 4.79 Å². The van der Waals surface area contributed by atoms with Gasteiger partial charge >= 0.3 is 5.97 Å². The van der Waals surface area contributed by atoms with E-state index in [1.54, 1.807) is 0 Å². The van der Waals surface area contributed by atoms with Gasteiger partial charge in [0.25, 0.3) is 0 Å². The summed E-state index contributed by atoms with van der Waals surface area (Å²) >= 11 is 0. The van der Waals surface area contributed by atoms with E-state index in [0.717, 1.165) is 12.8 Å². The third kappa shape index (κ3) is 6.49. The number of rotatable bonds is 6. The summed E-state index contributed by atoms with van der Waals surface area (Å²) in [4.78, 5) is 13.4. The molecular formula is C26H50O2. The van der Waals surface area contributed by atoms with Crippen LogP contribution in [0.1, 0.15) is 109 Å². The Morgan fingerprint density at radius 3 is 1.61 bits per heavy atom. The van der Waals surface area contributed by atoms with Crippen molar-refractivity contribution < 1.29 is 9.53 Å². The highest BCUT2D eigenvalue weighted by molar-refractivity contribution is 5.76. The SMILES string of the molecule is CCC(C)(CC(C)(C)C)C(=O)OC1C(C(C)C)CC(C(C)(C)C)CC1C(C)C. The molecule has 0 aromatic heterocycles. The van der Waals surface area contributed by atoms with Crippen molar-refractivity contribution in [3.8, 4) is 0 Å². The quantitative estimate of drug-likeness (QED) is 0.430. The van der Waals surface area contributed by atoms with Gasteiger partial charge in [0.2, 0.25) is 0 Å². The summed E-state index contributed by atoms with van der Waals surface area (Å²) < 4.78 is 6.46. The molecule has 0 aromatic carbocycles. The van der Waals surface area contributed by atoms with E-state index in [1.165, 1.54) is 12.8 Å². The van der Waals surface area contributed by atoms with Crippen LogP contribution < -0.4 is 0 Å².